The average molecular weight is 371 g/mol. The summed E-state index contributed by atoms with van der Waals surface area (Å²) in [6, 6.07) is 19.1. The summed E-state index contributed by atoms with van der Waals surface area (Å²) in [7, 11) is 0. The summed E-state index contributed by atoms with van der Waals surface area (Å²) >= 11 is 6.91. The number of amides is 2. The van der Waals surface area contributed by atoms with Crippen molar-refractivity contribution >= 4 is 29.8 Å². The first kappa shape index (κ1) is 17.3. The standard InChI is InChI=1S/C18H18N4OS2/c1-2-21-18(24)22(15-11-7-4-8-12-15)17(25-21)20-16(23)19-13-14-9-5-3-6-10-14/h3-12H,2,13H2,1H3,(H,19,23)/b20-17-. The van der Waals surface area contributed by atoms with Gasteiger partial charge in [-0.1, -0.05) is 48.5 Å². The molecule has 3 aromatic rings. The summed E-state index contributed by atoms with van der Waals surface area (Å²) in [6.45, 7) is 3.19. The van der Waals surface area contributed by atoms with E-state index >= 15 is 0 Å². The van der Waals surface area contributed by atoms with E-state index in [-0.39, 0.29) is 6.03 Å². The van der Waals surface area contributed by atoms with Crippen molar-refractivity contribution in [2.45, 2.75) is 20.0 Å². The van der Waals surface area contributed by atoms with Crippen LogP contribution in [-0.4, -0.2) is 14.6 Å². The van der Waals surface area contributed by atoms with Crippen LogP contribution in [0.25, 0.3) is 5.69 Å². The molecule has 1 N–H and O–H groups in total. The second kappa shape index (κ2) is 8.04. The molecular weight excluding hydrogens is 352 g/mol. The van der Waals surface area contributed by atoms with E-state index in [2.05, 4.69) is 10.3 Å². The monoisotopic (exact) mass is 370 g/mol. The Bertz CT molecular complexity index is 972. The Morgan fingerprint density at radius 2 is 1.76 bits per heavy atom. The van der Waals surface area contributed by atoms with Gasteiger partial charge in [-0.3, -0.25) is 8.52 Å². The summed E-state index contributed by atoms with van der Waals surface area (Å²) in [5.41, 5.74) is 1.92. The van der Waals surface area contributed by atoms with Gasteiger partial charge in [-0.05, 0) is 48.4 Å². The summed E-state index contributed by atoms with van der Waals surface area (Å²) in [5, 5.41) is 2.82. The number of aromatic nitrogens is 2. The highest BCUT2D eigenvalue weighted by Gasteiger charge is 2.08. The smallest absolute Gasteiger partial charge is 0.332 e. The van der Waals surface area contributed by atoms with Gasteiger partial charge < -0.3 is 5.32 Å². The molecule has 1 aromatic heterocycles. The molecule has 0 spiro atoms. The third-order valence-corrected chi connectivity index (χ3v) is 5.18. The molecule has 7 heteroatoms. The summed E-state index contributed by atoms with van der Waals surface area (Å²) < 4.78 is 4.39. The highest BCUT2D eigenvalue weighted by atomic mass is 32.1. The Hall–Kier alpha value is -2.51. The molecule has 0 fully saturated rings. The van der Waals surface area contributed by atoms with Crippen LogP contribution < -0.4 is 10.1 Å². The van der Waals surface area contributed by atoms with E-state index in [1.807, 2.05) is 76.1 Å². The first-order valence-corrected chi connectivity index (χ1v) is 9.12. The van der Waals surface area contributed by atoms with Gasteiger partial charge in [0.15, 0.2) is 4.77 Å². The number of hydrogen-bond donors (Lipinski definition) is 1. The van der Waals surface area contributed by atoms with Gasteiger partial charge in [-0.15, -0.1) is 0 Å². The van der Waals surface area contributed by atoms with Crippen LogP contribution in [0.5, 0.6) is 0 Å². The minimum Gasteiger partial charge on any atom is -0.332 e. The number of rotatable bonds is 4. The average Bonchev–Trinajstić information content (AvgIpc) is 2.96. The summed E-state index contributed by atoms with van der Waals surface area (Å²) in [5.74, 6) is 0. The van der Waals surface area contributed by atoms with Gasteiger partial charge in [-0.25, -0.2) is 4.79 Å². The van der Waals surface area contributed by atoms with Crippen molar-refractivity contribution in [1.29, 1.82) is 0 Å². The van der Waals surface area contributed by atoms with Gasteiger partial charge in [0.05, 0.1) is 5.69 Å². The number of benzene rings is 2. The number of para-hydroxylation sites is 1. The van der Waals surface area contributed by atoms with Crippen LogP contribution in [0.4, 0.5) is 4.79 Å². The Labute approximate surface area is 155 Å². The Kier molecular flexibility index (Phi) is 5.57. The zero-order valence-electron chi connectivity index (χ0n) is 13.8. The zero-order valence-corrected chi connectivity index (χ0v) is 15.4. The molecule has 3 rings (SSSR count). The van der Waals surface area contributed by atoms with E-state index in [0.29, 0.717) is 16.1 Å². The molecule has 128 valence electrons. The van der Waals surface area contributed by atoms with E-state index in [9.17, 15) is 4.79 Å². The van der Waals surface area contributed by atoms with E-state index < -0.39 is 0 Å². The summed E-state index contributed by atoms with van der Waals surface area (Å²) in [6.07, 6.45) is 0. The lowest BCUT2D eigenvalue weighted by Crippen LogP contribution is -2.23. The van der Waals surface area contributed by atoms with Crippen LogP contribution in [0, 0.1) is 4.77 Å². The molecule has 0 atom stereocenters. The quantitative estimate of drug-likeness (QED) is 0.708. The van der Waals surface area contributed by atoms with Gasteiger partial charge in [0.2, 0.25) is 4.80 Å². The first-order chi connectivity index (χ1) is 12.2. The van der Waals surface area contributed by atoms with Crippen molar-refractivity contribution in [3.8, 4) is 5.69 Å². The lowest BCUT2D eigenvalue weighted by atomic mass is 10.2. The lowest BCUT2D eigenvalue weighted by Gasteiger charge is -2.03. The van der Waals surface area contributed by atoms with Crippen LogP contribution in [0.15, 0.2) is 65.7 Å². The maximum absolute atomic E-state index is 12.3. The van der Waals surface area contributed by atoms with Crippen molar-refractivity contribution in [1.82, 2.24) is 13.8 Å². The maximum atomic E-state index is 12.3. The van der Waals surface area contributed by atoms with E-state index in [1.54, 1.807) is 0 Å². The minimum absolute atomic E-state index is 0.381. The molecule has 0 aliphatic carbocycles. The van der Waals surface area contributed by atoms with Crippen LogP contribution in [0.2, 0.25) is 0 Å². The molecule has 1 heterocycles. The molecule has 0 bridgehead atoms. The minimum atomic E-state index is -0.381. The topological polar surface area (TPSA) is 51.3 Å². The van der Waals surface area contributed by atoms with Crippen molar-refractivity contribution in [2.75, 3.05) is 0 Å². The van der Waals surface area contributed by atoms with Crippen molar-refractivity contribution < 1.29 is 4.79 Å². The second-order valence-corrected chi connectivity index (χ2v) is 6.63. The lowest BCUT2D eigenvalue weighted by molar-refractivity contribution is 0.248. The van der Waals surface area contributed by atoms with E-state index in [0.717, 1.165) is 17.8 Å². The Balaban J connectivity index is 1.92. The molecule has 0 saturated carbocycles. The predicted octanol–water partition coefficient (Wildman–Crippen LogP) is 3.90. The number of carbonyl (C=O) groups excluding carboxylic acids is 1. The Morgan fingerprint density at radius 3 is 2.40 bits per heavy atom. The van der Waals surface area contributed by atoms with E-state index in [1.165, 1.54) is 11.5 Å². The molecule has 0 unspecified atom stereocenters. The van der Waals surface area contributed by atoms with Crippen LogP contribution in [0.3, 0.4) is 0 Å². The molecule has 0 aliphatic rings. The molecule has 2 aromatic carbocycles. The zero-order chi connectivity index (χ0) is 17.6. The molecule has 25 heavy (non-hydrogen) atoms. The van der Waals surface area contributed by atoms with Gasteiger partial charge in [0.25, 0.3) is 0 Å². The number of nitrogens with zero attached hydrogens (tertiary/aromatic N) is 3. The fraction of sp³-hybridized carbons (Fsp3) is 0.167. The van der Waals surface area contributed by atoms with Gasteiger partial charge in [-0.2, -0.15) is 4.99 Å². The van der Waals surface area contributed by atoms with Crippen LogP contribution >= 0.6 is 23.8 Å². The van der Waals surface area contributed by atoms with Gasteiger partial charge in [0, 0.05) is 13.1 Å². The number of carbonyl (C=O) groups is 1. The Morgan fingerprint density at radius 1 is 1.12 bits per heavy atom. The molecule has 0 radical (unpaired) electrons. The second-order valence-electron chi connectivity index (χ2n) is 5.28. The normalized spacial score (nSPS) is 11.5. The molecule has 2 amide bonds. The third kappa shape index (κ3) is 4.12. The number of hydrogen-bond acceptors (Lipinski definition) is 3. The number of nitrogens with one attached hydrogen (secondary N) is 1. The summed E-state index contributed by atoms with van der Waals surface area (Å²) in [4.78, 5) is 17.0. The number of aryl methyl sites for hydroxylation is 1. The highest BCUT2D eigenvalue weighted by molar-refractivity contribution is 7.71. The molecule has 0 aliphatic heterocycles. The maximum Gasteiger partial charge on any atom is 0.343 e. The van der Waals surface area contributed by atoms with E-state index in [4.69, 9.17) is 12.2 Å². The van der Waals surface area contributed by atoms with Crippen molar-refractivity contribution in [2.24, 2.45) is 4.99 Å². The predicted molar refractivity (Wildman–Crippen MR) is 102 cm³/mol. The van der Waals surface area contributed by atoms with Crippen LogP contribution in [0.1, 0.15) is 12.5 Å². The molecule has 0 saturated heterocycles. The SMILES string of the molecule is CCn1s/c(=N\C(=O)NCc2ccccc2)n(-c2ccccc2)c1=S. The van der Waals surface area contributed by atoms with Crippen LogP contribution in [-0.2, 0) is 13.1 Å². The molecule has 5 nitrogen and oxygen atoms in total. The third-order valence-electron chi connectivity index (χ3n) is 3.57. The number of urea groups is 1. The first-order valence-electron chi connectivity index (χ1n) is 7.94. The molecular formula is C18H18N4OS2. The highest BCUT2D eigenvalue weighted by Crippen LogP contribution is 2.08. The largest absolute Gasteiger partial charge is 0.343 e. The fourth-order valence-corrected chi connectivity index (χ4v) is 3.71. The van der Waals surface area contributed by atoms with Crippen molar-refractivity contribution in [3.05, 3.63) is 75.8 Å². The van der Waals surface area contributed by atoms with Gasteiger partial charge in [0.1, 0.15) is 0 Å². The fourth-order valence-electron chi connectivity index (χ4n) is 2.34. The van der Waals surface area contributed by atoms with Gasteiger partial charge >= 0.3 is 6.03 Å². The van der Waals surface area contributed by atoms with Crippen molar-refractivity contribution in [3.63, 3.8) is 0 Å².